The van der Waals surface area contributed by atoms with Gasteiger partial charge in [0.2, 0.25) is 0 Å². The van der Waals surface area contributed by atoms with E-state index in [0.29, 0.717) is 5.16 Å². The summed E-state index contributed by atoms with van der Waals surface area (Å²) in [6.45, 7) is 7.77. The van der Waals surface area contributed by atoms with Gasteiger partial charge in [0, 0.05) is 70.8 Å². The van der Waals surface area contributed by atoms with Crippen molar-refractivity contribution in [1.82, 2.24) is 15.0 Å². The van der Waals surface area contributed by atoms with Crippen molar-refractivity contribution in [3.63, 3.8) is 0 Å². The minimum Gasteiger partial charge on any atom is -0.609 e. The van der Waals surface area contributed by atoms with Gasteiger partial charge in [0.1, 0.15) is 5.75 Å². The molecule has 9 heteroatoms. The fourth-order valence-corrected chi connectivity index (χ4v) is 5.52. The van der Waals surface area contributed by atoms with Crippen LogP contribution >= 0.6 is 0 Å². The molecular formula is C25H31N3NaO4S. The van der Waals surface area contributed by atoms with Gasteiger partial charge in [-0.1, -0.05) is 26.0 Å². The van der Waals surface area contributed by atoms with E-state index in [0.717, 1.165) is 66.9 Å². The largest absolute Gasteiger partial charge is 0.609 e. The molecule has 1 aromatic carbocycles. The maximum absolute atomic E-state index is 13.0. The van der Waals surface area contributed by atoms with Gasteiger partial charge in [-0.05, 0) is 38.0 Å². The Labute approximate surface area is 225 Å². The molecule has 34 heavy (non-hydrogen) atoms. The molecule has 1 atom stereocenters. The third-order valence-electron chi connectivity index (χ3n) is 6.55. The molecule has 1 aliphatic carbocycles. The molecule has 1 spiro atoms. The molecule has 1 saturated carbocycles. The van der Waals surface area contributed by atoms with Crippen LogP contribution in [-0.2, 0) is 26.4 Å². The molecule has 177 valence electrons. The van der Waals surface area contributed by atoms with E-state index in [2.05, 4.69) is 28.8 Å². The van der Waals surface area contributed by atoms with Crippen LogP contribution in [0.2, 0.25) is 0 Å². The molecule has 3 heterocycles. The number of ether oxygens (including phenoxy) is 3. The van der Waals surface area contributed by atoms with Gasteiger partial charge in [-0.2, -0.15) is 4.98 Å². The van der Waals surface area contributed by atoms with E-state index in [-0.39, 0.29) is 46.8 Å². The quantitative estimate of drug-likeness (QED) is 0.422. The summed E-state index contributed by atoms with van der Waals surface area (Å²) in [6.07, 6.45) is 5.26. The Balaban J connectivity index is 0.00000274. The molecule has 1 saturated heterocycles. The molecule has 2 fully saturated rings. The number of imidazole rings is 1. The summed E-state index contributed by atoms with van der Waals surface area (Å²) in [6, 6.07) is 9.58. The molecule has 0 bridgehead atoms. The summed E-state index contributed by atoms with van der Waals surface area (Å²) in [4.78, 5) is 12.1. The van der Waals surface area contributed by atoms with Gasteiger partial charge in [-0.25, -0.2) is 0 Å². The van der Waals surface area contributed by atoms with Gasteiger partial charge in [0.15, 0.2) is 11.5 Å². The number of aromatic amines is 1. The van der Waals surface area contributed by atoms with E-state index in [9.17, 15) is 4.55 Å². The van der Waals surface area contributed by atoms with E-state index >= 15 is 0 Å². The van der Waals surface area contributed by atoms with Crippen molar-refractivity contribution in [2.45, 2.75) is 69.3 Å². The van der Waals surface area contributed by atoms with Gasteiger partial charge >= 0.3 is 5.16 Å². The van der Waals surface area contributed by atoms with Gasteiger partial charge < -0.3 is 18.8 Å². The number of pyridine rings is 1. The molecule has 3 aromatic rings. The Morgan fingerprint density at radius 2 is 1.85 bits per heavy atom. The molecule has 1 unspecified atom stereocenters. The van der Waals surface area contributed by atoms with Gasteiger partial charge in [0.25, 0.3) is 0 Å². The monoisotopic (exact) mass is 492 g/mol. The van der Waals surface area contributed by atoms with E-state index < -0.39 is 17.0 Å². The number of nitrogens with one attached hydrogen (secondary N) is 1. The zero-order valence-corrected chi connectivity index (χ0v) is 23.2. The molecule has 0 amide bonds. The van der Waals surface area contributed by atoms with Crippen molar-refractivity contribution >= 4 is 51.8 Å². The minimum atomic E-state index is -1.32. The van der Waals surface area contributed by atoms with Crippen molar-refractivity contribution in [2.75, 3.05) is 13.2 Å². The van der Waals surface area contributed by atoms with Crippen LogP contribution in [0.1, 0.15) is 50.8 Å². The SMILES string of the molecule is Cc1c(OC2CCC3(CC2)OCC(C)(C)CO3)ccnc1C[S+]([O-])c1nc2ccccc2[nH]1.[Na]. The molecule has 2 aromatic heterocycles. The smallest absolute Gasteiger partial charge is 0.322 e. The number of benzene rings is 1. The first kappa shape index (κ1) is 25.9. The Morgan fingerprint density at radius 1 is 1.15 bits per heavy atom. The minimum absolute atomic E-state index is 0. The van der Waals surface area contributed by atoms with Crippen molar-refractivity contribution in [1.29, 1.82) is 0 Å². The summed E-state index contributed by atoms with van der Waals surface area (Å²) in [5.41, 5.74) is 3.46. The molecule has 5 rings (SSSR count). The number of hydrogen-bond acceptors (Lipinski definition) is 6. The summed E-state index contributed by atoms with van der Waals surface area (Å²) < 4.78 is 31.6. The Hall–Kier alpha value is -1.13. The molecule has 1 aliphatic heterocycles. The first-order valence-electron chi connectivity index (χ1n) is 11.5. The maximum atomic E-state index is 13.0. The van der Waals surface area contributed by atoms with E-state index in [1.165, 1.54) is 0 Å². The molecule has 1 N–H and O–H groups in total. The predicted molar refractivity (Wildman–Crippen MR) is 132 cm³/mol. The summed E-state index contributed by atoms with van der Waals surface area (Å²) >= 11 is -1.32. The van der Waals surface area contributed by atoms with E-state index in [1.54, 1.807) is 6.20 Å². The Kier molecular flexibility index (Phi) is 7.99. The average molecular weight is 493 g/mol. The number of para-hydroxylation sites is 2. The summed E-state index contributed by atoms with van der Waals surface area (Å²) in [5.74, 6) is 0.639. The van der Waals surface area contributed by atoms with Crippen LogP contribution in [-0.4, -0.2) is 74.2 Å². The summed E-state index contributed by atoms with van der Waals surface area (Å²) in [5, 5.41) is 0.469. The second-order valence-corrected chi connectivity index (χ2v) is 11.3. The third-order valence-corrected chi connectivity index (χ3v) is 7.71. The van der Waals surface area contributed by atoms with Crippen LogP contribution < -0.4 is 4.74 Å². The number of H-pyrrole nitrogens is 1. The van der Waals surface area contributed by atoms with Gasteiger partial charge in [-0.3, -0.25) is 9.97 Å². The first-order valence-corrected chi connectivity index (χ1v) is 12.9. The Bertz CT molecular complexity index is 1090. The zero-order valence-electron chi connectivity index (χ0n) is 20.4. The fraction of sp³-hybridized carbons (Fsp3) is 0.520. The van der Waals surface area contributed by atoms with Crippen molar-refractivity contribution in [3.05, 3.63) is 47.8 Å². The van der Waals surface area contributed by atoms with Crippen LogP contribution in [0.5, 0.6) is 5.75 Å². The second kappa shape index (κ2) is 10.5. The number of nitrogens with zero attached hydrogens (tertiary/aromatic N) is 2. The molecule has 7 nitrogen and oxygen atoms in total. The first-order chi connectivity index (χ1) is 15.8. The predicted octanol–water partition coefficient (Wildman–Crippen LogP) is 4.28. The maximum Gasteiger partial charge on any atom is 0.322 e. The molecule has 1 radical (unpaired) electrons. The van der Waals surface area contributed by atoms with Crippen molar-refractivity contribution in [2.24, 2.45) is 5.41 Å². The normalized spacial score (nSPS) is 20.7. The fourth-order valence-electron chi connectivity index (χ4n) is 4.42. The van der Waals surface area contributed by atoms with Crippen LogP contribution in [0.4, 0.5) is 0 Å². The van der Waals surface area contributed by atoms with Crippen molar-refractivity contribution < 1.29 is 18.8 Å². The van der Waals surface area contributed by atoms with Crippen LogP contribution in [0.15, 0.2) is 41.7 Å². The molecular weight excluding hydrogens is 461 g/mol. The Morgan fingerprint density at radius 3 is 2.56 bits per heavy atom. The zero-order chi connectivity index (χ0) is 23.1. The topological polar surface area (TPSA) is 92.3 Å². The van der Waals surface area contributed by atoms with Crippen LogP contribution in [0.3, 0.4) is 0 Å². The van der Waals surface area contributed by atoms with Gasteiger partial charge in [-0.15, -0.1) is 0 Å². The van der Waals surface area contributed by atoms with E-state index in [4.69, 9.17) is 14.2 Å². The third kappa shape index (κ3) is 5.64. The average Bonchev–Trinajstić information content (AvgIpc) is 3.25. The summed E-state index contributed by atoms with van der Waals surface area (Å²) in [7, 11) is 0. The standard InChI is InChI=1S/C25H31N3O4S.Na/c1-17-21(14-33(29)23-27-19-6-4-5-7-20(19)28-23)26-13-10-22(17)32-18-8-11-25(12-9-18)30-15-24(2,3)16-31-25;/h4-7,10,13,18H,8-9,11-12,14-16H2,1-3H3,(H,27,28);. The van der Waals surface area contributed by atoms with Crippen LogP contribution in [0, 0.1) is 12.3 Å². The second-order valence-electron chi connectivity index (χ2n) is 9.90. The van der Waals surface area contributed by atoms with Gasteiger partial charge in [0.05, 0.1) is 36.0 Å². The number of fused-ring (bicyclic) bond motifs is 1. The van der Waals surface area contributed by atoms with Crippen LogP contribution in [0.25, 0.3) is 11.0 Å². The number of hydrogen-bond donors (Lipinski definition) is 1. The number of aromatic nitrogens is 3. The van der Waals surface area contributed by atoms with Crippen molar-refractivity contribution in [3.8, 4) is 5.75 Å². The number of rotatable bonds is 5. The van der Waals surface area contributed by atoms with E-state index in [1.807, 2.05) is 37.3 Å². The molecule has 2 aliphatic rings.